The van der Waals surface area contributed by atoms with E-state index in [-0.39, 0.29) is 31.1 Å². The molecule has 514 valence electrons. The minimum absolute atomic E-state index is 0.0258. The van der Waals surface area contributed by atoms with Gasteiger partial charge in [-0.05, 0) is 85.9 Å². The van der Waals surface area contributed by atoms with E-state index in [9.17, 15) is 90.7 Å². The molecule has 4 heterocycles. The van der Waals surface area contributed by atoms with Gasteiger partial charge in [-0.25, -0.2) is 9.59 Å². The molecule has 0 amide bonds. The molecule has 4 aliphatic heterocycles. The van der Waals surface area contributed by atoms with Crippen molar-refractivity contribution in [1.82, 2.24) is 0 Å². The molecule has 90 heavy (non-hydrogen) atoms. The SMILES string of the molecule is CCC(C)(OC(C)=O)C(=O)OC1C(OC(C)=O)C2(CO)C(CC1(C)C)C1=CCC3C4(C)CCC(OC5OC(C(=O)O)C(O)C(OC6OCC(O)C(OC7OCC(O)C(O)C7O)C6O)C5OC5OC(CO)C(O)C(O)C5O)C(C)(C)C4CCC3(C)C1(C)C(O)C2O. The predicted molar refractivity (Wildman–Crippen MR) is 301 cm³/mol. The monoisotopic (exact) mass is 1290 g/mol. The quantitative estimate of drug-likeness (QED) is 0.0330. The van der Waals surface area contributed by atoms with Crippen LogP contribution in [-0.4, -0.2) is 269 Å². The molecule has 0 spiro atoms. The van der Waals surface area contributed by atoms with Crippen LogP contribution in [0.1, 0.15) is 121 Å². The van der Waals surface area contributed by atoms with Crippen LogP contribution in [0.2, 0.25) is 0 Å². The Bertz CT molecular complexity index is 2640. The topological polar surface area (TPSA) is 453 Å². The average Bonchev–Trinajstić information content (AvgIpc) is 0.664. The van der Waals surface area contributed by atoms with Gasteiger partial charge >= 0.3 is 23.9 Å². The zero-order valence-corrected chi connectivity index (χ0v) is 52.8. The van der Waals surface area contributed by atoms with Gasteiger partial charge in [0.1, 0.15) is 85.5 Å². The number of esters is 3. The molecule has 9 rings (SSSR count). The summed E-state index contributed by atoms with van der Waals surface area (Å²) >= 11 is 0. The maximum absolute atomic E-state index is 14.1. The van der Waals surface area contributed by atoms with E-state index in [1.54, 1.807) is 6.92 Å². The van der Waals surface area contributed by atoms with Crippen LogP contribution in [0.25, 0.3) is 0 Å². The van der Waals surface area contributed by atoms with Crippen molar-refractivity contribution in [2.75, 3.05) is 26.4 Å². The summed E-state index contributed by atoms with van der Waals surface area (Å²) in [7, 11) is 0. The molecule has 31 atom stereocenters. The molecular formula is C61H96O29. The van der Waals surface area contributed by atoms with Gasteiger partial charge in [-0.3, -0.25) is 9.59 Å². The first-order valence-electron chi connectivity index (χ1n) is 31.3. The van der Waals surface area contributed by atoms with Gasteiger partial charge in [-0.2, -0.15) is 0 Å². The molecule has 4 saturated heterocycles. The molecule has 29 heteroatoms. The lowest BCUT2D eigenvalue weighted by molar-refractivity contribution is -0.396. The fraction of sp³-hybridized carbons (Fsp3) is 0.902. The van der Waals surface area contributed by atoms with Crippen LogP contribution in [-0.2, 0) is 71.3 Å². The highest BCUT2D eigenvalue weighted by Gasteiger charge is 2.77. The van der Waals surface area contributed by atoms with Gasteiger partial charge in [0, 0.05) is 24.7 Å². The second-order valence-electron chi connectivity index (χ2n) is 28.9. The highest BCUT2D eigenvalue weighted by molar-refractivity contribution is 5.82. The van der Waals surface area contributed by atoms with Gasteiger partial charge in [0.2, 0.25) is 5.60 Å². The van der Waals surface area contributed by atoms with Gasteiger partial charge in [0.25, 0.3) is 0 Å². The Morgan fingerprint density at radius 1 is 0.633 bits per heavy atom. The van der Waals surface area contributed by atoms with E-state index in [0.29, 0.717) is 25.7 Å². The number of allylic oxidation sites excluding steroid dienone is 1. The van der Waals surface area contributed by atoms with Crippen molar-refractivity contribution in [3.63, 3.8) is 0 Å². The van der Waals surface area contributed by atoms with Gasteiger partial charge < -0.3 is 124 Å². The standard InChI is InChI=1S/C61H96O29/c1-12-59(10,90-25(3)65)54(79)89-47-48(82-24(2)64)61(23-63)27(19-55(47,4)5)26-13-14-32-57(8)17-16-33(56(6,7)31(57)15-18-58(32,9)60(26,11)45(75)46(61)76)84-53-44(88-52-38(72)36(70)35(69)30(20-62)83-52)42(39(73)43(87-53)49(77)78)86-51-40(74)41(29(67)22-81-51)85-50-37(71)34(68)28(66)21-80-50/h13,27-48,50-53,62-63,66-76H,12,14-23H2,1-11H3,(H,77,78). The first kappa shape index (κ1) is 71.1. The Morgan fingerprint density at radius 2 is 1.24 bits per heavy atom. The summed E-state index contributed by atoms with van der Waals surface area (Å²) in [5, 5.41) is 157. The van der Waals surface area contributed by atoms with Crippen LogP contribution in [0.4, 0.5) is 0 Å². The highest BCUT2D eigenvalue weighted by atomic mass is 16.8. The Morgan fingerprint density at radius 3 is 1.84 bits per heavy atom. The van der Waals surface area contributed by atoms with Gasteiger partial charge in [-0.15, -0.1) is 0 Å². The number of ether oxygens (including phenoxy) is 11. The largest absolute Gasteiger partial charge is 0.479 e. The van der Waals surface area contributed by atoms with Gasteiger partial charge in [0.15, 0.2) is 37.4 Å². The fourth-order valence-corrected chi connectivity index (χ4v) is 17.7. The lowest BCUT2D eigenvalue weighted by Crippen LogP contribution is -2.76. The number of aliphatic carboxylic acids is 1. The third kappa shape index (κ3) is 11.6. The van der Waals surface area contributed by atoms with E-state index >= 15 is 0 Å². The van der Waals surface area contributed by atoms with Gasteiger partial charge in [-0.1, -0.05) is 67.0 Å². The third-order valence-electron chi connectivity index (χ3n) is 23.1. The Labute approximate surface area is 521 Å². The lowest BCUT2D eigenvalue weighted by atomic mass is 9.32. The van der Waals surface area contributed by atoms with Crippen molar-refractivity contribution in [3.05, 3.63) is 11.6 Å². The molecule has 14 N–H and O–H groups in total. The third-order valence-corrected chi connectivity index (χ3v) is 23.1. The molecule has 31 unspecified atom stereocenters. The first-order valence-corrected chi connectivity index (χ1v) is 31.3. The van der Waals surface area contributed by atoms with Crippen molar-refractivity contribution in [3.8, 4) is 0 Å². The van der Waals surface area contributed by atoms with Crippen molar-refractivity contribution in [2.45, 2.75) is 268 Å². The Hall–Kier alpha value is -3.22. The first-order chi connectivity index (χ1) is 41.9. The van der Waals surface area contributed by atoms with Crippen molar-refractivity contribution in [1.29, 1.82) is 0 Å². The van der Waals surface area contributed by atoms with Crippen LogP contribution >= 0.6 is 0 Å². The van der Waals surface area contributed by atoms with E-state index in [4.69, 9.17) is 52.1 Å². The molecule has 29 nitrogen and oxygen atoms in total. The Balaban J connectivity index is 1.03. The molecule has 0 aromatic rings. The molecule has 9 aliphatic rings. The van der Waals surface area contributed by atoms with E-state index in [1.807, 2.05) is 34.6 Å². The highest BCUT2D eigenvalue weighted by Crippen LogP contribution is 2.76. The minimum atomic E-state index is -2.23. The van der Waals surface area contributed by atoms with Crippen LogP contribution in [0, 0.1) is 50.2 Å². The second kappa shape index (κ2) is 25.7. The second-order valence-corrected chi connectivity index (χ2v) is 28.9. The van der Waals surface area contributed by atoms with Crippen LogP contribution < -0.4 is 0 Å². The normalized spacial score (nSPS) is 49.6. The maximum Gasteiger partial charge on any atom is 0.350 e. The molecule has 0 aromatic carbocycles. The number of aliphatic hydroxyl groups excluding tert-OH is 13. The number of carbonyl (C=O) groups excluding carboxylic acids is 3. The van der Waals surface area contributed by atoms with Crippen molar-refractivity contribution < 1.29 is 143 Å². The van der Waals surface area contributed by atoms with Crippen LogP contribution in [0.5, 0.6) is 0 Å². The van der Waals surface area contributed by atoms with Crippen molar-refractivity contribution in [2.24, 2.45) is 50.2 Å². The number of carboxylic acid groups (broad SMARTS) is 1. The smallest absolute Gasteiger partial charge is 0.350 e. The summed E-state index contributed by atoms with van der Waals surface area (Å²) in [6.07, 6.45) is -36.6. The number of carboxylic acids is 1. The number of fused-ring (bicyclic) bond motifs is 7. The zero-order valence-electron chi connectivity index (χ0n) is 52.8. The van der Waals surface area contributed by atoms with Crippen LogP contribution in [0.3, 0.4) is 0 Å². The fourth-order valence-electron chi connectivity index (χ4n) is 17.7. The molecule has 8 fully saturated rings. The zero-order chi connectivity index (χ0) is 66.7. The summed E-state index contributed by atoms with van der Waals surface area (Å²) < 4.78 is 65.8. The summed E-state index contributed by atoms with van der Waals surface area (Å²) in [6, 6.07) is 0. The van der Waals surface area contributed by atoms with E-state index in [1.165, 1.54) is 6.92 Å². The van der Waals surface area contributed by atoms with Gasteiger partial charge in [0.05, 0.1) is 50.2 Å². The Kier molecular flexibility index (Phi) is 20.3. The maximum atomic E-state index is 14.1. The van der Waals surface area contributed by atoms with Crippen LogP contribution in [0.15, 0.2) is 11.6 Å². The van der Waals surface area contributed by atoms with Crippen molar-refractivity contribution >= 4 is 23.9 Å². The molecule has 0 bridgehead atoms. The summed E-state index contributed by atoms with van der Waals surface area (Å²) in [5.41, 5.74) is -7.31. The predicted octanol–water partition coefficient (Wildman–Crippen LogP) is -2.45. The molecule has 0 radical (unpaired) electrons. The summed E-state index contributed by atoms with van der Waals surface area (Å²) in [6.45, 7) is 16.3. The van der Waals surface area contributed by atoms with E-state index in [2.05, 4.69) is 19.9 Å². The molecule has 0 aromatic heterocycles. The number of aliphatic hydroxyl groups is 13. The number of rotatable bonds is 16. The van der Waals surface area contributed by atoms with E-state index < -0.39 is 235 Å². The number of hydrogen-bond acceptors (Lipinski definition) is 28. The van der Waals surface area contributed by atoms with E-state index in [0.717, 1.165) is 19.4 Å². The summed E-state index contributed by atoms with van der Waals surface area (Å²) in [4.78, 5) is 52.6. The lowest BCUT2D eigenvalue weighted by Gasteiger charge is -2.73. The minimum Gasteiger partial charge on any atom is -0.479 e. The number of carbonyl (C=O) groups is 4. The molecular weight excluding hydrogens is 1200 g/mol. The summed E-state index contributed by atoms with van der Waals surface area (Å²) in [5.74, 6) is -5.39. The average molecular weight is 1290 g/mol. The molecule has 5 aliphatic carbocycles. The number of hydrogen-bond donors (Lipinski definition) is 14. The molecule has 4 saturated carbocycles.